The lowest BCUT2D eigenvalue weighted by Gasteiger charge is -2.04. The lowest BCUT2D eigenvalue weighted by atomic mass is 10.2. The van der Waals surface area contributed by atoms with E-state index in [1.165, 1.54) is 0 Å². The molecule has 1 aromatic carbocycles. The van der Waals surface area contributed by atoms with Crippen molar-refractivity contribution in [2.75, 3.05) is 5.32 Å². The molecule has 4 rings (SSSR count). The molecule has 11 heteroatoms. The van der Waals surface area contributed by atoms with E-state index in [-0.39, 0.29) is 5.76 Å². The number of aryl methyl sites for hydroxylation is 1. The maximum atomic E-state index is 12.7. The Kier molecular flexibility index (Phi) is 6.67. The zero-order valence-electron chi connectivity index (χ0n) is 17.0. The second-order valence-corrected chi connectivity index (χ2v) is 9.18. The Hall–Kier alpha value is -2.26. The zero-order valence-corrected chi connectivity index (χ0v) is 20.8. The van der Waals surface area contributed by atoms with Crippen LogP contribution in [0.4, 0.5) is 5.82 Å². The van der Waals surface area contributed by atoms with Crippen LogP contribution < -0.4 is 5.32 Å². The van der Waals surface area contributed by atoms with Crippen LogP contribution in [0.5, 0.6) is 0 Å². The van der Waals surface area contributed by atoms with E-state index in [1.807, 2.05) is 19.9 Å². The Balaban J connectivity index is 1.44. The van der Waals surface area contributed by atoms with Crippen molar-refractivity contribution >= 4 is 62.5 Å². The molecule has 32 heavy (non-hydrogen) atoms. The third-order valence-corrected chi connectivity index (χ3v) is 6.63. The van der Waals surface area contributed by atoms with E-state index < -0.39 is 5.91 Å². The van der Waals surface area contributed by atoms with Gasteiger partial charge in [-0.05, 0) is 59.6 Å². The van der Waals surface area contributed by atoms with E-state index in [0.29, 0.717) is 44.2 Å². The number of benzene rings is 1. The number of anilines is 1. The first kappa shape index (κ1) is 22.9. The van der Waals surface area contributed by atoms with Gasteiger partial charge in [-0.3, -0.25) is 14.2 Å². The van der Waals surface area contributed by atoms with Crippen molar-refractivity contribution in [3.63, 3.8) is 0 Å². The third kappa shape index (κ3) is 4.88. The number of carbonyl (C=O) groups is 1. The summed E-state index contributed by atoms with van der Waals surface area (Å²) in [6, 6.07) is 8.71. The van der Waals surface area contributed by atoms with Gasteiger partial charge in [-0.15, -0.1) is 0 Å². The predicted octanol–water partition coefficient (Wildman–Crippen LogP) is 6.36. The van der Waals surface area contributed by atoms with Gasteiger partial charge in [0.15, 0.2) is 11.6 Å². The summed E-state index contributed by atoms with van der Waals surface area (Å²) in [6.45, 7) is 4.55. The fourth-order valence-electron chi connectivity index (χ4n) is 3.12. The van der Waals surface area contributed by atoms with Crippen molar-refractivity contribution in [1.82, 2.24) is 19.6 Å². The number of hydrogen-bond acceptors (Lipinski definition) is 4. The SMILES string of the molecule is Cc1nn(Cc2ccc(C(=O)Nc3nn(Cc4ccc(Cl)c(Cl)c4)cc3Br)o2)c(C)c1Cl. The number of aromatic nitrogens is 4. The normalized spacial score (nSPS) is 11.2. The van der Waals surface area contributed by atoms with E-state index >= 15 is 0 Å². The van der Waals surface area contributed by atoms with Crippen LogP contribution in [-0.4, -0.2) is 25.5 Å². The predicted molar refractivity (Wildman–Crippen MR) is 128 cm³/mol. The largest absolute Gasteiger partial charge is 0.454 e. The number of halogens is 4. The van der Waals surface area contributed by atoms with Gasteiger partial charge in [0, 0.05) is 6.20 Å². The second kappa shape index (κ2) is 9.31. The molecule has 0 saturated carbocycles. The number of nitrogens with zero attached hydrogens (tertiary/aromatic N) is 4. The minimum Gasteiger partial charge on any atom is -0.454 e. The second-order valence-electron chi connectivity index (χ2n) is 7.13. The molecule has 0 aliphatic carbocycles. The highest BCUT2D eigenvalue weighted by Gasteiger charge is 2.17. The molecule has 0 spiro atoms. The van der Waals surface area contributed by atoms with Gasteiger partial charge in [0.25, 0.3) is 5.91 Å². The number of furan rings is 1. The van der Waals surface area contributed by atoms with Crippen LogP contribution in [0.3, 0.4) is 0 Å². The van der Waals surface area contributed by atoms with Crippen LogP contribution in [0.15, 0.2) is 45.4 Å². The van der Waals surface area contributed by atoms with E-state index in [1.54, 1.807) is 39.8 Å². The third-order valence-electron chi connectivity index (χ3n) is 4.76. The van der Waals surface area contributed by atoms with Gasteiger partial charge in [-0.25, -0.2) is 0 Å². The number of carbonyl (C=O) groups excluding carboxylic acids is 1. The quantitative estimate of drug-likeness (QED) is 0.299. The number of hydrogen-bond donors (Lipinski definition) is 1. The average Bonchev–Trinajstić information content (AvgIpc) is 3.41. The molecule has 166 valence electrons. The lowest BCUT2D eigenvalue weighted by Crippen LogP contribution is -2.12. The standard InChI is InChI=1S/C21H17BrCl3N5O2/c1-11-19(25)12(2)30(27-11)9-14-4-6-18(32-14)21(31)26-20-15(22)10-29(28-20)8-13-3-5-16(23)17(24)7-13/h3-7,10H,8-9H2,1-2H3,(H,26,28,31). The van der Waals surface area contributed by atoms with Crippen molar-refractivity contribution in [2.45, 2.75) is 26.9 Å². The van der Waals surface area contributed by atoms with Crippen LogP contribution in [0, 0.1) is 13.8 Å². The number of rotatable bonds is 6. The fraction of sp³-hybridized carbons (Fsp3) is 0.190. The monoisotopic (exact) mass is 555 g/mol. The van der Waals surface area contributed by atoms with E-state index in [4.69, 9.17) is 39.2 Å². The van der Waals surface area contributed by atoms with E-state index in [2.05, 4.69) is 31.4 Å². The highest BCUT2D eigenvalue weighted by Crippen LogP contribution is 2.25. The molecule has 1 N–H and O–H groups in total. The first-order valence-corrected chi connectivity index (χ1v) is 11.4. The average molecular weight is 558 g/mol. The van der Waals surface area contributed by atoms with Crippen LogP contribution in [-0.2, 0) is 13.1 Å². The summed E-state index contributed by atoms with van der Waals surface area (Å²) in [7, 11) is 0. The van der Waals surface area contributed by atoms with Crippen molar-refractivity contribution in [2.24, 2.45) is 0 Å². The van der Waals surface area contributed by atoms with Crippen molar-refractivity contribution in [3.05, 3.63) is 84.5 Å². The summed E-state index contributed by atoms with van der Waals surface area (Å²) in [5.41, 5.74) is 2.50. The Morgan fingerprint density at radius 3 is 2.56 bits per heavy atom. The molecule has 3 aromatic heterocycles. The van der Waals surface area contributed by atoms with Crippen molar-refractivity contribution in [3.8, 4) is 0 Å². The summed E-state index contributed by atoms with van der Waals surface area (Å²) in [6.07, 6.45) is 1.76. The molecule has 0 radical (unpaired) electrons. The van der Waals surface area contributed by atoms with Gasteiger partial charge in [-0.2, -0.15) is 10.2 Å². The first-order valence-electron chi connectivity index (χ1n) is 9.47. The highest BCUT2D eigenvalue weighted by atomic mass is 79.9. The minimum atomic E-state index is -0.414. The fourth-order valence-corrected chi connectivity index (χ4v) is 3.99. The van der Waals surface area contributed by atoms with Gasteiger partial charge < -0.3 is 9.73 Å². The van der Waals surface area contributed by atoms with Crippen LogP contribution in [0.25, 0.3) is 0 Å². The van der Waals surface area contributed by atoms with Gasteiger partial charge >= 0.3 is 0 Å². The zero-order chi connectivity index (χ0) is 23.0. The topological polar surface area (TPSA) is 77.9 Å². The van der Waals surface area contributed by atoms with Gasteiger partial charge in [0.2, 0.25) is 0 Å². The molecule has 0 saturated heterocycles. The number of nitrogens with one attached hydrogen (secondary N) is 1. The molecule has 3 heterocycles. The first-order chi connectivity index (χ1) is 15.2. The molecule has 0 aliphatic heterocycles. The lowest BCUT2D eigenvalue weighted by molar-refractivity contribution is 0.0994. The van der Waals surface area contributed by atoms with Crippen molar-refractivity contribution in [1.29, 1.82) is 0 Å². The highest BCUT2D eigenvalue weighted by molar-refractivity contribution is 9.10. The summed E-state index contributed by atoms with van der Waals surface area (Å²) in [5, 5.41) is 13.1. The minimum absolute atomic E-state index is 0.165. The maximum absolute atomic E-state index is 12.7. The molecule has 0 fully saturated rings. The van der Waals surface area contributed by atoms with E-state index in [0.717, 1.165) is 17.0 Å². The summed E-state index contributed by atoms with van der Waals surface area (Å²) in [5.74, 6) is 0.710. The van der Waals surface area contributed by atoms with Crippen LogP contribution in [0.1, 0.15) is 33.3 Å². The smallest absolute Gasteiger partial charge is 0.292 e. The molecule has 0 aliphatic rings. The van der Waals surface area contributed by atoms with Crippen LogP contribution >= 0.6 is 50.7 Å². The maximum Gasteiger partial charge on any atom is 0.292 e. The Labute approximate surface area is 207 Å². The summed E-state index contributed by atoms with van der Waals surface area (Å²) < 4.78 is 9.75. The molecular weight excluding hydrogens is 541 g/mol. The molecule has 0 atom stereocenters. The molecule has 0 unspecified atom stereocenters. The van der Waals surface area contributed by atoms with Crippen molar-refractivity contribution < 1.29 is 9.21 Å². The van der Waals surface area contributed by atoms with Crippen LogP contribution in [0.2, 0.25) is 15.1 Å². The van der Waals surface area contributed by atoms with Gasteiger partial charge in [0.1, 0.15) is 5.76 Å². The molecule has 1 amide bonds. The Bertz CT molecular complexity index is 1310. The molecule has 0 bridgehead atoms. The van der Waals surface area contributed by atoms with Gasteiger partial charge in [0.05, 0.1) is 44.0 Å². The Morgan fingerprint density at radius 1 is 1.09 bits per heavy atom. The van der Waals surface area contributed by atoms with E-state index in [9.17, 15) is 4.79 Å². The molecule has 7 nitrogen and oxygen atoms in total. The molecule has 4 aromatic rings. The summed E-state index contributed by atoms with van der Waals surface area (Å²) >= 11 is 21.6. The van der Waals surface area contributed by atoms with Gasteiger partial charge in [-0.1, -0.05) is 40.9 Å². The molecular formula is C21H17BrCl3N5O2. The Morgan fingerprint density at radius 2 is 1.88 bits per heavy atom. The number of amides is 1. The summed E-state index contributed by atoms with van der Waals surface area (Å²) in [4.78, 5) is 12.7.